The summed E-state index contributed by atoms with van der Waals surface area (Å²) in [6.45, 7) is 7.95. The fourth-order valence-electron chi connectivity index (χ4n) is 4.59. The van der Waals surface area contributed by atoms with Crippen molar-refractivity contribution in [1.29, 1.82) is 0 Å². The number of methoxy groups -OCH3 is 1. The molecule has 0 saturated carbocycles. The van der Waals surface area contributed by atoms with Gasteiger partial charge in [-0.15, -0.1) is 0 Å². The van der Waals surface area contributed by atoms with Crippen LogP contribution >= 0.6 is 15.9 Å². The van der Waals surface area contributed by atoms with Crippen LogP contribution in [0, 0.1) is 5.92 Å². The molecular formula is C28H34BrN5O2. The van der Waals surface area contributed by atoms with Crippen LogP contribution in [0.4, 0.5) is 5.82 Å². The molecule has 4 aromatic rings. The first-order chi connectivity index (χ1) is 17.6. The van der Waals surface area contributed by atoms with E-state index in [1.54, 1.807) is 19.4 Å². The monoisotopic (exact) mass is 551 g/mol. The molecule has 7 nitrogen and oxygen atoms in total. The molecule has 8 heteroatoms. The molecule has 0 aliphatic carbocycles. The Morgan fingerprint density at radius 2 is 1.92 bits per heavy atom. The van der Waals surface area contributed by atoms with Gasteiger partial charge in [0.1, 0.15) is 17.3 Å². The van der Waals surface area contributed by atoms with E-state index in [9.17, 15) is 5.11 Å². The Kier molecular flexibility index (Phi) is 8.83. The summed E-state index contributed by atoms with van der Waals surface area (Å²) in [5.41, 5.74) is 3.43. The highest BCUT2D eigenvalue weighted by molar-refractivity contribution is 9.10. The summed E-state index contributed by atoms with van der Waals surface area (Å²) in [4.78, 5) is 7.25. The van der Waals surface area contributed by atoms with E-state index in [4.69, 9.17) is 9.72 Å². The summed E-state index contributed by atoms with van der Waals surface area (Å²) in [6.07, 6.45) is 4.12. The molecule has 1 unspecified atom stereocenters. The van der Waals surface area contributed by atoms with Crippen molar-refractivity contribution in [2.45, 2.75) is 33.2 Å². The molecule has 1 saturated heterocycles. The van der Waals surface area contributed by atoms with Crippen LogP contribution in [0.3, 0.4) is 0 Å². The zero-order valence-corrected chi connectivity index (χ0v) is 22.7. The molecule has 2 aromatic carbocycles. The average Bonchev–Trinajstić information content (AvgIpc) is 3.30. The number of nitrogens with zero attached hydrogens (tertiary/aromatic N) is 4. The van der Waals surface area contributed by atoms with Crippen LogP contribution in [-0.4, -0.2) is 51.3 Å². The van der Waals surface area contributed by atoms with Gasteiger partial charge in [-0.1, -0.05) is 38.1 Å². The van der Waals surface area contributed by atoms with E-state index in [1.165, 1.54) is 18.4 Å². The van der Waals surface area contributed by atoms with Crippen LogP contribution in [-0.2, 0) is 6.54 Å². The number of nitrogens with one attached hydrogen (secondary N) is 1. The van der Waals surface area contributed by atoms with Gasteiger partial charge in [-0.2, -0.15) is 9.61 Å². The molecule has 0 spiro atoms. The van der Waals surface area contributed by atoms with Gasteiger partial charge in [0.25, 0.3) is 0 Å². The maximum atomic E-state index is 10.4. The Hall–Kier alpha value is -3.10. The smallest absolute Gasteiger partial charge is 0.172 e. The number of rotatable bonds is 7. The van der Waals surface area contributed by atoms with Crippen LogP contribution in [0.2, 0.25) is 0 Å². The first kappa shape index (κ1) is 26.0. The number of benzene rings is 2. The standard InChI is InChI=1S/C26H28BrN5O2.C2H6/c1-34-20-10-8-18(9-11-20)16-31-12-4-5-19(17-31)14-28-25-13-23(21-6-2-3-7-24(21)33)30-26-22(27)15-29-32(25)26;1-2/h2-3,6-11,13,15,19,28,33H,4-5,12,14,16-17H2,1H3;1-2H3. The Bertz CT molecular complexity index is 1270. The second kappa shape index (κ2) is 12.2. The van der Waals surface area contributed by atoms with E-state index in [1.807, 2.05) is 54.8 Å². The lowest BCUT2D eigenvalue weighted by atomic mass is 9.97. The largest absolute Gasteiger partial charge is 0.507 e. The predicted molar refractivity (Wildman–Crippen MR) is 149 cm³/mol. The number of ether oxygens (including phenoxy) is 1. The van der Waals surface area contributed by atoms with Gasteiger partial charge in [0.05, 0.1) is 23.5 Å². The van der Waals surface area contributed by atoms with E-state index in [0.29, 0.717) is 22.8 Å². The van der Waals surface area contributed by atoms with E-state index in [2.05, 4.69) is 43.4 Å². The highest BCUT2D eigenvalue weighted by atomic mass is 79.9. The minimum atomic E-state index is 0.211. The summed E-state index contributed by atoms with van der Waals surface area (Å²) in [6, 6.07) is 17.6. The van der Waals surface area contributed by atoms with Crippen molar-refractivity contribution in [3.63, 3.8) is 0 Å². The molecule has 1 atom stereocenters. The number of phenolic OH excluding ortho intramolecular Hbond substituents is 1. The zero-order valence-electron chi connectivity index (χ0n) is 21.1. The fourth-order valence-corrected chi connectivity index (χ4v) is 4.94. The van der Waals surface area contributed by atoms with Crippen LogP contribution < -0.4 is 10.1 Å². The molecule has 2 N–H and O–H groups in total. The number of hydrogen-bond donors (Lipinski definition) is 2. The molecule has 190 valence electrons. The quantitative estimate of drug-likeness (QED) is 0.284. The lowest BCUT2D eigenvalue weighted by Gasteiger charge is -2.33. The maximum absolute atomic E-state index is 10.4. The van der Waals surface area contributed by atoms with E-state index >= 15 is 0 Å². The first-order valence-corrected chi connectivity index (χ1v) is 13.3. The number of likely N-dealkylation sites (tertiary alicyclic amines) is 1. The number of aromatic hydroxyl groups is 1. The Morgan fingerprint density at radius 1 is 1.14 bits per heavy atom. The van der Waals surface area contributed by atoms with Crippen molar-refractivity contribution >= 4 is 27.4 Å². The van der Waals surface area contributed by atoms with Gasteiger partial charge in [0.2, 0.25) is 0 Å². The molecule has 5 rings (SSSR count). The number of piperidine rings is 1. The topological polar surface area (TPSA) is 74.9 Å². The van der Waals surface area contributed by atoms with Gasteiger partial charge < -0.3 is 15.2 Å². The van der Waals surface area contributed by atoms with Crippen LogP contribution in [0.15, 0.2) is 65.3 Å². The summed E-state index contributed by atoms with van der Waals surface area (Å²) in [7, 11) is 1.70. The van der Waals surface area contributed by atoms with Gasteiger partial charge in [-0.05, 0) is 71.1 Å². The molecule has 0 bridgehead atoms. The van der Waals surface area contributed by atoms with E-state index < -0.39 is 0 Å². The molecule has 0 radical (unpaired) electrons. The number of anilines is 1. The van der Waals surface area contributed by atoms with Crippen molar-refractivity contribution < 1.29 is 9.84 Å². The second-order valence-corrected chi connectivity index (χ2v) is 9.60. The van der Waals surface area contributed by atoms with Crippen LogP contribution in [0.25, 0.3) is 16.9 Å². The van der Waals surface area contributed by atoms with Crippen molar-refractivity contribution in [2.24, 2.45) is 5.92 Å². The highest BCUT2D eigenvalue weighted by Gasteiger charge is 2.21. The van der Waals surface area contributed by atoms with Crippen molar-refractivity contribution in [2.75, 3.05) is 32.1 Å². The number of aromatic nitrogens is 3. The number of halogens is 1. The third-order valence-electron chi connectivity index (χ3n) is 6.35. The Labute approximate surface area is 221 Å². The van der Waals surface area contributed by atoms with Crippen molar-refractivity contribution in [3.8, 4) is 22.8 Å². The summed E-state index contributed by atoms with van der Waals surface area (Å²) in [5.74, 6) is 2.49. The van der Waals surface area contributed by atoms with Crippen LogP contribution in [0.1, 0.15) is 32.3 Å². The molecule has 1 fully saturated rings. The minimum absolute atomic E-state index is 0.211. The van der Waals surface area contributed by atoms with Gasteiger partial charge in [-0.3, -0.25) is 4.90 Å². The normalized spacial score (nSPS) is 15.8. The molecule has 2 aromatic heterocycles. The van der Waals surface area contributed by atoms with Crippen molar-refractivity contribution in [3.05, 3.63) is 70.8 Å². The number of para-hydroxylation sites is 1. The third kappa shape index (κ3) is 5.99. The van der Waals surface area contributed by atoms with Gasteiger partial charge >= 0.3 is 0 Å². The summed E-state index contributed by atoms with van der Waals surface area (Å²) < 4.78 is 7.90. The maximum Gasteiger partial charge on any atom is 0.172 e. The Morgan fingerprint density at radius 3 is 2.67 bits per heavy atom. The van der Waals surface area contributed by atoms with E-state index in [0.717, 1.165) is 42.2 Å². The predicted octanol–water partition coefficient (Wildman–Crippen LogP) is 6.22. The van der Waals surface area contributed by atoms with Crippen molar-refractivity contribution in [1.82, 2.24) is 19.5 Å². The molecule has 1 aliphatic rings. The first-order valence-electron chi connectivity index (χ1n) is 12.5. The molecular weight excluding hydrogens is 518 g/mol. The second-order valence-electron chi connectivity index (χ2n) is 8.74. The Balaban J connectivity index is 0.00000148. The highest BCUT2D eigenvalue weighted by Crippen LogP contribution is 2.31. The molecule has 0 amide bonds. The molecule has 36 heavy (non-hydrogen) atoms. The lowest BCUT2D eigenvalue weighted by Crippen LogP contribution is -2.37. The number of phenols is 1. The summed E-state index contributed by atoms with van der Waals surface area (Å²) >= 11 is 3.55. The third-order valence-corrected chi connectivity index (χ3v) is 6.91. The zero-order chi connectivity index (χ0) is 25.5. The lowest BCUT2D eigenvalue weighted by molar-refractivity contribution is 0.173. The average molecular weight is 553 g/mol. The van der Waals surface area contributed by atoms with Crippen LogP contribution in [0.5, 0.6) is 11.5 Å². The molecule has 1 aliphatic heterocycles. The number of fused-ring (bicyclic) bond motifs is 1. The minimum Gasteiger partial charge on any atom is -0.507 e. The number of hydrogen-bond acceptors (Lipinski definition) is 6. The summed E-state index contributed by atoms with van der Waals surface area (Å²) in [5, 5.41) is 18.5. The molecule has 3 heterocycles. The SMILES string of the molecule is CC.COc1ccc(CN2CCCC(CNc3cc(-c4ccccc4O)nc4c(Br)cnn34)C2)cc1. The van der Waals surface area contributed by atoms with E-state index in [-0.39, 0.29) is 5.75 Å². The van der Waals surface area contributed by atoms with Gasteiger partial charge in [-0.25, -0.2) is 4.98 Å². The van der Waals surface area contributed by atoms with Gasteiger partial charge in [0, 0.05) is 31.3 Å². The van der Waals surface area contributed by atoms with Gasteiger partial charge in [0.15, 0.2) is 5.65 Å². The fraction of sp³-hybridized carbons (Fsp3) is 0.357.